The van der Waals surface area contributed by atoms with Gasteiger partial charge in [-0.15, -0.1) is 0 Å². The van der Waals surface area contributed by atoms with Gasteiger partial charge in [0.05, 0.1) is 23.9 Å². The van der Waals surface area contributed by atoms with Crippen molar-refractivity contribution in [1.82, 2.24) is 0 Å². The number of hydrogen-bond donors (Lipinski definition) is 2. The molecular weight excluding hydrogens is 297 g/mol. The maximum Gasteiger partial charge on any atom is 0.416 e. The van der Waals surface area contributed by atoms with E-state index in [1.54, 1.807) is 6.07 Å². The van der Waals surface area contributed by atoms with Gasteiger partial charge in [-0.25, -0.2) is 0 Å². The van der Waals surface area contributed by atoms with E-state index in [9.17, 15) is 18.0 Å². The van der Waals surface area contributed by atoms with Gasteiger partial charge in [-0.1, -0.05) is 6.07 Å². The van der Waals surface area contributed by atoms with E-state index in [2.05, 4.69) is 5.32 Å². The van der Waals surface area contributed by atoms with Crippen LogP contribution in [0.25, 0.3) is 0 Å². The van der Waals surface area contributed by atoms with Crippen LogP contribution in [0.15, 0.2) is 42.5 Å². The first-order valence-corrected chi connectivity index (χ1v) is 6.23. The van der Waals surface area contributed by atoms with Gasteiger partial charge >= 0.3 is 6.18 Å². The smallest absolute Gasteiger partial charge is 0.416 e. The molecule has 0 heterocycles. The Morgan fingerprint density at radius 1 is 1.18 bits per heavy atom. The third-order valence-corrected chi connectivity index (χ3v) is 2.96. The highest BCUT2D eigenvalue weighted by molar-refractivity contribution is 5.99. The summed E-state index contributed by atoms with van der Waals surface area (Å²) in [5, 5.41) is 2.76. The van der Waals surface area contributed by atoms with Gasteiger partial charge in [-0.05, 0) is 36.4 Å². The second-order valence-electron chi connectivity index (χ2n) is 4.48. The highest BCUT2D eigenvalue weighted by Gasteiger charge is 2.30. The summed E-state index contributed by atoms with van der Waals surface area (Å²) < 4.78 is 43.1. The summed E-state index contributed by atoms with van der Waals surface area (Å²) in [5.74, 6) is -0.295. The van der Waals surface area contributed by atoms with Crippen molar-refractivity contribution in [3.8, 4) is 5.75 Å². The van der Waals surface area contributed by atoms with E-state index >= 15 is 0 Å². The lowest BCUT2D eigenvalue weighted by Crippen LogP contribution is -2.13. The van der Waals surface area contributed by atoms with Crippen LogP contribution in [0.1, 0.15) is 15.9 Å². The molecule has 0 saturated heterocycles. The standard InChI is InChI=1S/C15H13F3N2O2/c1-22-11-5-6-13(12(8-11)14(19)21)20-10-4-2-3-9(7-10)15(16,17)18/h2-8,20H,1H3,(H2,19,21). The number of anilines is 2. The summed E-state index contributed by atoms with van der Waals surface area (Å²) in [5.41, 5.74) is 5.11. The summed E-state index contributed by atoms with van der Waals surface area (Å²) in [6.45, 7) is 0. The van der Waals surface area contributed by atoms with Gasteiger partial charge in [-0.3, -0.25) is 4.79 Å². The molecule has 0 aromatic heterocycles. The molecule has 0 radical (unpaired) electrons. The van der Waals surface area contributed by atoms with E-state index in [0.29, 0.717) is 11.4 Å². The van der Waals surface area contributed by atoms with Gasteiger partial charge in [0.1, 0.15) is 5.75 Å². The third-order valence-electron chi connectivity index (χ3n) is 2.96. The first kappa shape index (κ1) is 15.7. The number of ether oxygens (including phenoxy) is 1. The number of rotatable bonds is 4. The number of hydrogen-bond acceptors (Lipinski definition) is 3. The van der Waals surface area contributed by atoms with Crippen molar-refractivity contribution in [3.63, 3.8) is 0 Å². The number of amides is 1. The second-order valence-corrected chi connectivity index (χ2v) is 4.48. The van der Waals surface area contributed by atoms with E-state index < -0.39 is 17.6 Å². The van der Waals surface area contributed by atoms with Crippen LogP contribution in [0.3, 0.4) is 0 Å². The highest BCUT2D eigenvalue weighted by Crippen LogP contribution is 2.32. The van der Waals surface area contributed by atoms with Crippen molar-refractivity contribution in [1.29, 1.82) is 0 Å². The molecule has 7 heteroatoms. The minimum absolute atomic E-state index is 0.122. The van der Waals surface area contributed by atoms with Crippen LogP contribution < -0.4 is 15.8 Å². The molecule has 2 rings (SSSR count). The van der Waals surface area contributed by atoms with Gasteiger partial charge in [-0.2, -0.15) is 13.2 Å². The summed E-state index contributed by atoms with van der Waals surface area (Å²) in [7, 11) is 1.43. The van der Waals surface area contributed by atoms with Crippen molar-refractivity contribution in [3.05, 3.63) is 53.6 Å². The normalized spacial score (nSPS) is 11.1. The quantitative estimate of drug-likeness (QED) is 0.907. The molecule has 0 fully saturated rings. The maximum absolute atomic E-state index is 12.7. The SMILES string of the molecule is COc1ccc(Nc2cccc(C(F)(F)F)c2)c(C(N)=O)c1. The number of benzene rings is 2. The zero-order chi connectivity index (χ0) is 16.3. The summed E-state index contributed by atoms with van der Waals surface area (Å²) in [6, 6.07) is 9.16. The zero-order valence-corrected chi connectivity index (χ0v) is 11.6. The fraction of sp³-hybridized carbons (Fsp3) is 0.133. The molecule has 0 saturated carbocycles. The molecule has 2 aromatic carbocycles. The van der Waals surface area contributed by atoms with E-state index in [1.165, 1.54) is 31.4 Å². The third kappa shape index (κ3) is 3.49. The van der Waals surface area contributed by atoms with E-state index in [4.69, 9.17) is 10.5 Å². The minimum Gasteiger partial charge on any atom is -0.497 e. The Bertz CT molecular complexity index is 699. The lowest BCUT2D eigenvalue weighted by atomic mass is 10.1. The topological polar surface area (TPSA) is 64.3 Å². The average molecular weight is 310 g/mol. The van der Waals surface area contributed by atoms with Gasteiger partial charge in [0, 0.05) is 5.69 Å². The van der Waals surface area contributed by atoms with Crippen molar-refractivity contribution >= 4 is 17.3 Å². The van der Waals surface area contributed by atoms with Crippen molar-refractivity contribution in [2.45, 2.75) is 6.18 Å². The Morgan fingerprint density at radius 2 is 1.91 bits per heavy atom. The van der Waals surface area contributed by atoms with Crippen molar-refractivity contribution in [2.75, 3.05) is 12.4 Å². The summed E-state index contributed by atoms with van der Waals surface area (Å²) in [4.78, 5) is 11.5. The molecule has 0 aliphatic carbocycles. The largest absolute Gasteiger partial charge is 0.497 e. The lowest BCUT2D eigenvalue weighted by molar-refractivity contribution is -0.137. The fourth-order valence-corrected chi connectivity index (χ4v) is 1.89. The lowest BCUT2D eigenvalue weighted by Gasteiger charge is -2.13. The Kier molecular flexibility index (Phi) is 4.25. The number of nitrogens with two attached hydrogens (primary N) is 1. The number of methoxy groups -OCH3 is 1. The number of alkyl halides is 3. The molecule has 116 valence electrons. The predicted octanol–water partition coefficient (Wildman–Crippen LogP) is 3.56. The van der Waals surface area contributed by atoms with E-state index in [1.807, 2.05) is 0 Å². The molecule has 3 N–H and O–H groups in total. The Labute approximate surface area is 124 Å². The van der Waals surface area contributed by atoms with Crippen LogP contribution in [0.4, 0.5) is 24.5 Å². The van der Waals surface area contributed by atoms with Crippen molar-refractivity contribution < 1.29 is 22.7 Å². The number of halogens is 3. The van der Waals surface area contributed by atoms with E-state index in [-0.39, 0.29) is 11.3 Å². The number of carbonyl (C=O) groups excluding carboxylic acids is 1. The van der Waals surface area contributed by atoms with Crippen molar-refractivity contribution in [2.24, 2.45) is 5.73 Å². The van der Waals surface area contributed by atoms with Crippen LogP contribution >= 0.6 is 0 Å². The molecule has 0 spiro atoms. The molecule has 0 unspecified atom stereocenters. The van der Waals surface area contributed by atoms with Gasteiger partial charge in [0.2, 0.25) is 0 Å². The van der Waals surface area contributed by atoms with Crippen LogP contribution in [0.2, 0.25) is 0 Å². The average Bonchev–Trinajstić information content (AvgIpc) is 2.47. The van der Waals surface area contributed by atoms with Crippen LogP contribution in [-0.4, -0.2) is 13.0 Å². The summed E-state index contributed by atoms with van der Waals surface area (Å²) in [6.07, 6.45) is -4.44. The molecule has 0 aliphatic heterocycles. The molecule has 0 aliphatic rings. The molecule has 1 amide bonds. The maximum atomic E-state index is 12.7. The number of nitrogens with one attached hydrogen (secondary N) is 1. The summed E-state index contributed by atoms with van der Waals surface area (Å²) >= 11 is 0. The first-order chi connectivity index (χ1) is 10.3. The zero-order valence-electron chi connectivity index (χ0n) is 11.6. The van der Waals surface area contributed by atoms with Gasteiger partial charge in [0.25, 0.3) is 5.91 Å². The fourth-order valence-electron chi connectivity index (χ4n) is 1.89. The molecular formula is C15H13F3N2O2. The van der Waals surface area contributed by atoms with Crippen LogP contribution in [0, 0.1) is 0 Å². The van der Waals surface area contributed by atoms with E-state index in [0.717, 1.165) is 12.1 Å². The van der Waals surface area contributed by atoms with Gasteiger partial charge < -0.3 is 15.8 Å². The second kappa shape index (κ2) is 5.97. The molecule has 0 atom stereocenters. The monoisotopic (exact) mass is 310 g/mol. The molecule has 0 bridgehead atoms. The minimum atomic E-state index is -4.44. The van der Waals surface area contributed by atoms with Crippen LogP contribution in [-0.2, 0) is 6.18 Å². The molecule has 22 heavy (non-hydrogen) atoms. The first-order valence-electron chi connectivity index (χ1n) is 6.23. The number of primary amides is 1. The Hall–Kier alpha value is -2.70. The molecule has 4 nitrogen and oxygen atoms in total. The van der Waals surface area contributed by atoms with Gasteiger partial charge in [0.15, 0.2) is 0 Å². The number of carbonyl (C=O) groups is 1. The Morgan fingerprint density at radius 3 is 2.50 bits per heavy atom. The molecule has 2 aromatic rings. The highest BCUT2D eigenvalue weighted by atomic mass is 19.4. The Balaban J connectivity index is 2.37. The van der Waals surface area contributed by atoms with Crippen LogP contribution in [0.5, 0.6) is 5.75 Å². The predicted molar refractivity (Wildman–Crippen MR) is 76.2 cm³/mol.